The van der Waals surface area contributed by atoms with Gasteiger partial charge in [-0.2, -0.15) is 0 Å². The van der Waals surface area contributed by atoms with Crippen LogP contribution < -0.4 is 10.5 Å². The molecule has 0 atom stereocenters. The zero-order valence-corrected chi connectivity index (χ0v) is 14.0. The predicted octanol–water partition coefficient (Wildman–Crippen LogP) is 3.14. The van der Waals surface area contributed by atoms with Crippen molar-refractivity contribution in [3.05, 3.63) is 57.3 Å². The van der Waals surface area contributed by atoms with E-state index >= 15 is 0 Å². The minimum Gasteiger partial charge on any atom is -0.322 e. The van der Waals surface area contributed by atoms with Gasteiger partial charge in [0, 0.05) is 10.2 Å². The third kappa shape index (κ3) is 3.83. The quantitative estimate of drug-likeness (QED) is 0.819. The first kappa shape index (κ1) is 16.9. The molecule has 0 heterocycles. The molecule has 0 aliphatic rings. The van der Waals surface area contributed by atoms with Gasteiger partial charge >= 0.3 is 0 Å². The lowest BCUT2D eigenvalue weighted by atomic mass is 10.2. The molecule has 5 nitrogen and oxygen atoms in total. The van der Waals surface area contributed by atoms with Gasteiger partial charge in [0.25, 0.3) is 5.91 Å². The SMILES string of the molecule is NS(=O)(=O)c1cc(C(=O)Nc2ccc(Br)cc2)c(F)cc1Cl. The van der Waals surface area contributed by atoms with Gasteiger partial charge in [-0.1, -0.05) is 27.5 Å². The Hall–Kier alpha value is -1.48. The number of anilines is 1. The van der Waals surface area contributed by atoms with Gasteiger partial charge in [0.1, 0.15) is 10.7 Å². The van der Waals surface area contributed by atoms with Crippen molar-refractivity contribution < 1.29 is 17.6 Å². The maximum atomic E-state index is 13.8. The van der Waals surface area contributed by atoms with Crippen LogP contribution in [0.2, 0.25) is 5.02 Å². The van der Waals surface area contributed by atoms with E-state index in [0.717, 1.165) is 16.6 Å². The molecule has 1 amide bonds. The van der Waals surface area contributed by atoms with Crippen molar-refractivity contribution in [2.75, 3.05) is 5.32 Å². The third-order valence-corrected chi connectivity index (χ3v) is 4.58. The van der Waals surface area contributed by atoms with Crippen molar-refractivity contribution in [1.29, 1.82) is 0 Å². The van der Waals surface area contributed by atoms with Crippen molar-refractivity contribution in [3.63, 3.8) is 0 Å². The van der Waals surface area contributed by atoms with E-state index in [1.807, 2.05) is 0 Å². The molecule has 2 rings (SSSR count). The summed E-state index contributed by atoms with van der Waals surface area (Å²) in [5, 5.41) is 7.03. The summed E-state index contributed by atoms with van der Waals surface area (Å²) < 4.78 is 37.4. The summed E-state index contributed by atoms with van der Waals surface area (Å²) in [7, 11) is -4.17. The Bertz CT molecular complexity index is 841. The van der Waals surface area contributed by atoms with E-state index in [9.17, 15) is 17.6 Å². The summed E-state index contributed by atoms with van der Waals surface area (Å²) in [5.74, 6) is -1.77. The van der Waals surface area contributed by atoms with Gasteiger partial charge in [0.15, 0.2) is 0 Å². The topological polar surface area (TPSA) is 89.3 Å². The number of benzene rings is 2. The molecule has 2 aromatic rings. The minimum absolute atomic E-state index is 0.389. The normalized spacial score (nSPS) is 11.3. The second-order valence-electron chi connectivity index (χ2n) is 4.27. The van der Waals surface area contributed by atoms with Crippen LogP contribution in [0.4, 0.5) is 10.1 Å². The first-order valence-electron chi connectivity index (χ1n) is 5.77. The Labute approximate surface area is 139 Å². The maximum Gasteiger partial charge on any atom is 0.258 e. The molecule has 0 saturated heterocycles. The molecule has 2 aromatic carbocycles. The highest BCUT2D eigenvalue weighted by atomic mass is 79.9. The number of halogens is 3. The summed E-state index contributed by atoms with van der Waals surface area (Å²) in [5.41, 5.74) is -0.0592. The molecule has 22 heavy (non-hydrogen) atoms. The first-order valence-corrected chi connectivity index (χ1v) is 8.49. The zero-order valence-electron chi connectivity index (χ0n) is 10.8. The lowest BCUT2D eigenvalue weighted by molar-refractivity contribution is 0.102. The van der Waals surface area contributed by atoms with E-state index in [-0.39, 0.29) is 5.02 Å². The molecule has 0 spiro atoms. The van der Waals surface area contributed by atoms with Gasteiger partial charge in [0.05, 0.1) is 10.6 Å². The van der Waals surface area contributed by atoms with Gasteiger partial charge in [0.2, 0.25) is 10.0 Å². The van der Waals surface area contributed by atoms with Crippen LogP contribution in [-0.4, -0.2) is 14.3 Å². The fourth-order valence-corrected chi connectivity index (χ4v) is 3.00. The lowest BCUT2D eigenvalue weighted by Gasteiger charge is -2.09. The van der Waals surface area contributed by atoms with Crippen molar-refractivity contribution >= 4 is 49.1 Å². The number of nitrogens with two attached hydrogens (primary N) is 1. The number of rotatable bonds is 3. The molecular formula is C13H9BrClFN2O3S. The molecule has 116 valence electrons. The fourth-order valence-electron chi connectivity index (χ4n) is 1.65. The molecule has 0 aliphatic carbocycles. The van der Waals surface area contributed by atoms with Crippen LogP contribution in [0.15, 0.2) is 45.8 Å². The van der Waals surface area contributed by atoms with Crippen LogP contribution in [0.1, 0.15) is 10.4 Å². The monoisotopic (exact) mass is 406 g/mol. The second kappa shape index (κ2) is 6.33. The van der Waals surface area contributed by atoms with Crippen LogP contribution in [0.3, 0.4) is 0 Å². The van der Waals surface area contributed by atoms with Crippen molar-refractivity contribution in [1.82, 2.24) is 0 Å². The van der Waals surface area contributed by atoms with Gasteiger partial charge in [-0.05, 0) is 36.4 Å². The third-order valence-electron chi connectivity index (χ3n) is 2.67. The average Bonchev–Trinajstić information content (AvgIpc) is 2.39. The predicted molar refractivity (Wildman–Crippen MR) is 84.9 cm³/mol. The number of carbonyl (C=O) groups is 1. The largest absolute Gasteiger partial charge is 0.322 e. The average molecular weight is 408 g/mol. The summed E-state index contributed by atoms with van der Waals surface area (Å²) in [4.78, 5) is 11.6. The molecule has 3 N–H and O–H groups in total. The van der Waals surface area contributed by atoms with Crippen molar-refractivity contribution in [3.8, 4) is 0 Å². The Balaban J connectivity index is 2.39. The van der Waals surface area contributed by atoms with E-state index in [2.05, 4.69) is 21.2 Å². The highest BCUT2D eigenvalue weighted by Crippen LogP contribution is 2.25. The van der Waals surface area contributed by atoms with E-state index in [1.54, 1.807) is 24.3 Å². The van der Waals surface area contributed by atoms with Crippen LogP contribution in [0.25, 0.3) is 0 Å². The number of primary sulfonamides is 1. The number of hydrogen-bond donors (Lipinski definition) is 2. The number of amides is 1. The van der Waals surface area contributed by atoms with Gasteiger partial charge in [-0.15, -0.1) is 0 Å². The molecule has 0 saturated carbocycles. The van der Waals surface area contributed by atoms with Crippen molar-refractivity contribution in [2.45, 2.75) is 4.90 Å². The molecular weight excluding hydrogens is 399 g/mol. The maximum absolute atomic E-state index is 13.8. The summed E-state index contributed by atoms with van der Waals surface area (Å²) in [6, 6.07) is 8.10. The molecule has 0 fully saturated rings. The standard InChI is InChI=1S/C13H9BrClFN2O3S/c14-7-1-3-8(4-2-7)18-13(19)9-5-12(22(17,20)21)10(15)6-11(9)16/h1-6H,(H,18,19)(H2,17,20,21). The van der Waals surface area contributed by atoms with Gasteiger partial charge in [-0.25, -0.2) is 17.9 Å². The van der Waals surface area contributed by atoms with E-state index in [0.29, 0.717) is 5.69 Å². The highest BCUT2D eigenvalue weighted by Gasteiger charge is 2.20. The summed E-state index contributed by atoms with van der Waals surface area (Å²) in [6.45, 7) is 0. The van der Waals surface area contributed by atoms with Gasteiger partial charge in [-0.3, -0.25) is 4.79 Å². The summed E-state index contributed by atoms with van der Waals surface area (Å²) in [6.07, 6.45) is 0. The van der Waals surface area contributed by atoms with Crippen LogP contribution in [-0.2, 0) is 10.0 Å². The van der Waals surface area contributed by atoms with Crippen LogP contribution >= 0.6 is 27.5 Å². The molecule has 9 heteroatoms. The number of hydrogen-bond acceptors (Lipinski definition) is 3. The zero-order chi connectivity index (χ0) is 16.5. The number of carbonyl (C=O) groups excluding carboxylic acids is 1. The fraction of sp³-hybridized carbons (Fsp3) is 0. The molecule has 0 unspecified atom stereocenters. The molecule has 0 bridgehead atoms. The van der Waals surface area contributed by atoms with Gasteiger partial charge < -0.3 is 5.32 Å². The Kier molecular flexibility index (Phi) is 4.86. The molecule has 0 radical (unpaired) electrons. The van der Waals surface area contributed by atoms with Crippen molar-refractivity contribution in [2.24, 2.45) is 5.14 Å². The smallest absolute Gasteiger partial charge is 0.258 e. The number of nitrogens with one attached hydrogen (secondary N) is 1. The first-order chi connectivity index (χ1) is 10.2. The minimum atomic E-state index is -4.17. The van der Waals surface area contributed by atoms with Crippen LogP contribution in [0, 0.1) is 5.82 Å². The summed E-state index contributed by atoms with van der Waals surface area (Å²) >= 11 is 8.87. The molecule has 0 aliphatic heterocycles. The number of sulfonamides is 1. The second-order valence-corrected chi connectivity index (χ2v) is 7.12. The lowest BCUT2D eigenvalue weighted by Crippen LogP contribution is -2.17. The Morgan fingerprint density at radius 2 is 1.82 bits per heavy atom. The Morgan fingerprint density at radius 1 is 1.23 bits per heavy atom. The van der Waals surface area contributed by atoms with E-state index in [4.69, 9.17) is 16.7 Å². The molecule has 0 aromatic heterocycles. The van der Waals surface area contributed by atoms with E-state index < -0.39 is 32.2 Å². The van der Waals surface area contributed by atoms with E-state index in [1.165, 1.54) is 0 Å². The Morgan fingerprint density at radius 3 is 2.36 bits per heavy atom. The van der Waals surface area contributed by atoms with Crippen LogP contribution in [0.5, 0.6) is 0 Å². The highest BCUT2D eigenvalue weighted by molar-refractivity contribution is 9.10.